The summed E-state index contributed by atoms with van der Waals surface area (Å²) in [5.41, 5.74) is 7.25. The second-order valence-corrected chi connectivity index (χ2v) is 28.1. The Balaban J connectivity index is 0.000000565. The number of unbranched alkanes of at least 4 members (excludes halogenated alkanes) is 2. The van der Waals surface area contributed by atoms with E-state index in [9.17, 15) is 57.8 Å². The normalized spacial score (nSPS) is 18.2. The maximum Gasteiger partial charge on any atom is 0.410 e. The third-order valence-corrected chi connectivity index (χ3v) is 19.3. The number of primary amides is 1. The number of ketones is 4. The molecule has 0 saturated carbocycles. The number of hydrogen-bond acceptors (Lipinski definition) is 16. The number of nitrogens with zero attached hydrogens (tertiary/aromatic N) is 4. The molecule has 23 nitrogen and oxygen atoms in total. The molecule has 2 aromatic rings. The van der Waals surface area contributed by atoms with Gasteiger partial charge in [-0.25, -0.2) is 9.59 Å². The molecule has 2 heterocycles. The Hall–Kier alpha value is -6.95. The predicted octanol–water partition coefficient (Wildman–Crippen LogP) is 8.58. The van der Waals surface area contributed by atoms with E-state index in [1.165, 1.54) is 23.8 Å². The van der Waals surface area contributed by atoms with Crippen LogP contribution in [0.5, 0.6) is 0 Å². The van der Waals surface area contributed by atoms with Crippen molar-refractivity contribution < 1.29 is 72.1 Å². The smallest absolute Gasteiger partial charge is 0.410 e. The van der Waals surface area contributed by atoms with Crippen LogP contribution in [-0.4, -0.2) is 187 Å². The number of likely N-dealkylation sites (N-methyl/N-ethyl adjacent to an activating group) is 2. The number of aliphatic hydroxyl groups is 1. The summed E-state index contributed by atoms with van der Waals surface area (Å²) >= 11 is 0. The number of amides is 8. The minimum Gasteiger partial charge on any atom is -0.445 e. The summed E-state index contributed by atoms with van der Waals surface area (Å²) in [5.74, 6) is -3.47. The first-order chi connectivity index (χ1) is 45.7. The van der Waals surface area contributed by atoms with Gasteiger partial charge < -0.3 is 55.7 Å². The van der Waals surface area contributed by atoms with Crippen molar-refractivity contribution in [1.82, 2.24) is 35.6 Å². The van der Waals surface area contributed by atoms with Crippen molar-refractivity contribution in [2.24, 2.45) is 53.1 Å². The van der Waals surface area contributed by atoms with E-state index in [0.717, 1.165) is 24.8 Å². The highest BCUT2D eigenvalue weighted by Crippen LogP contribution is 2.31. The van der Waals surface area contributed by atoms with E-state index in [-0.39, 0.29) is 147 Å². The molecule has 23 heteroatoms. The van der Waals surface area contributed by atoms with Crippen molar-refractivity contribution in [2.45, 2.75) is 228 Å². The van der Waals surface area contributed by atoms with E-state index >= 15 is 0 Å². The molecule has 2 aromatic carbocycles. The van der Waals surface area contributed by atoms with Crippen molar-refractivity contribution >= 4 is 64.8 Å². The van der Waals surface area contributed by atoms with Gasteiger partial charge in [0.05, 0.1) is 54.8 Å². The van der Waals surface area contributed by atoms with Gasteiger partial charge in [-0.1, -0.05) is 137 Å². The zero-order chi connectivity index (χ0) is 73.0. The Morgan fingerprint density at radius 3 is 1.91 bits per heavy atom. The topological polar surface area (TPSA) is 311 Å². The molecular formula is C74H118N8O15. The number of carbonyl (C=O) groups is 11. The number of urea groups is 1. The Kier molecular flexibility index (Phi) is 36.6. The minimum absolute atomic E-state index is 0.00296. The maximum absolute atomic E-state index is 13.7. The quantitative estimate of drug-likeness (QED) is 0.0307. The molecule has 2 saturated heterocycles. The fraction of sp³-hybridized carbons (Fsp3) is 0.689. The molecule has 2 fully saturated rings. The Morgan fingerprint density at radius 2 is 1.37 bits per heavy atom. The van der Waals surface area contributed by atoms with Crippen LogP contribution in [0.15, 0.2) is 54.6 Å². The summed E-state index contributed by atoms with van der Waals surface area (Å²) in [6, 6.07) is 13.3. The van der Waals surface area contributed by atoms with Gasteiger partial charge in [-0.05, 0) is 107 Å². The van der Waals surface area contributed by atoms with E-state index in [1.54, 1.807) is 52.3 Å². The number of likely N-dealkylation sites (tertiary alicyclic amines) is 2. The fourth-order valence-electron chi connectivity index (χ4n) is 13.3. The molecular weight excluding hydrogens is 1240 g/mol. The number of nitrogens with two attached hydrogens (primary N) is 1. The number of carbonyl (C=O) groups excluding carboxylic acids is 11. The average molecular weight is 1360 g/mol. The number of ether oxygens (including phenoxy) is 3. The first-order valence-corrected chi connectivity index (χ1v) is 35.0. The summed E-state index contributed by atoms with van der Waals surface area (Å²) in [4.78, 5) is 148. The third kappa shape index (κ3) is 26.7. The zero-order valence-electron chi connectivity index (χ0n) is 61.2. The monoisotopic (exact) mass is 1360 g/mol. The number of methoxy groups -OCH3 is 2. The maximum atomic E-state index is 13.7. The van der Waals surface area contributed by atoms with Gasteiger partial charge >= 0.3 is 12.1 Å². The SMILES string of the molecule is CC(=O)[C@@H](CC(=O)[C@H](C(C)C)N(C)C(=O)OCc1ccc(CC(=O)[C@H](CCCNC(N)=O)NC(=O)[C@@H](CC(=O)CCCCCN2C(=O)CC(C)C2=O)C(C)C)cc1)C(C)C.CC[C@H](C)[C@@H]([C@@H](CC(=O)N1CCC[C@H]1[C@H](OC)[C@@H](C)C(=O)N[C@H](C)[C@@H](O)c1ccccc1)OC)N(C)C. The van der Waals surface area contributed by atoms with Gasteiger partial charge in [0.1, 0.15) is 18.2 Å². The van der Waals surface area contributed by atoms with E-state index in [1.807, 2.05) is 97.8 Å². The molecule has 13 atom stereocenters. The second-order valence-electron chi connectivity index (χ2n) is 28.1. The number of imide groups is 1. The third-order valence-electron chi connectivity index (χ3n) is 19.3. The summed E-state index contributed by atoms with van der Waals surface area (Å²) in [5, 5.41) is 19.0. The molecule has 544 valence electrons. The Morgan fingerprint density at radius 1 is 0.742 bits per heavy atom. The number of rotatable bonds is 41. The van der Waals surface area contributed by atoms with Crippen LogP contribution >= 0.6 is 0 Å². The molecule has 0 bridgehead atoms. The number of benzene rings is 2. The van der Waals surface area contributed by atoms with Gasteiger partial charge in [0.25, 0.3) is 0 Å². The van der Waals surface area contributed by atoms with E-state index in [0.29, 0.717) is 55.8 Å². The highest BCUT2D eigenvalue weighted by molar-refractivity contribution is 6.03. The van der Waals surface area contributed by atoms with Crippen LogP contribution in [0, 0.1) is 47.3 Å². The fourth-order valence-corrected chi connectivity index (χ4v) is 13.3. The second kappa shape index (κ2) is 42.1. The van der Waals surface area contributed by atoms with Crippen LogP contribution < -0.4 is 21.7 Å². The lowest BCUT2D eigenvalue weighted by molar-refractivity contribution is -0.143. The largest absolute Gasteiger partial charge is 0.445 e. The highest BCUT2D eigenvalue weighted by atomic mass is 16.6. The molecule has 0 spiro atoms. The first kappa shape index (κ1) is 84.3. The minimum atomic E-state index is -0.902. The molecule has 8 amide bonds. The zero-order valence-corrected chi connectivity index (χ0v) is 61.2. The Labute approximate surface area is 577 Å². The van der Waals surface area contributed by atoms with Crippen LogP contribution in [0.25, 0.3) is 0 Å². The van der Waals surface area contributed by atoms with Crippen molar-refractivity contribution in [3.8, 4) is 0 Å². The standard InChI is InChI=1S/C45H69N5O10.C29H49N3O5/c1-27(2)35(31(8)51)25-39(54)41(29(5)6)49(9)45(59)60-26-33-18-16-32(17-19-33)23-38(53)37(15-13-20-47-44(46)58)48-42(56)36(28(3)4)24-34(52)14-11-10-12-21-50-40(55)22-30(7)43(50)57;1-9-19(2)26(31(5)6)24(36-7)18-25(33)32-17-13-16-23(32)28(37-8)20(3)29(35)30-21(4)27(34)22-14-11-10-12-15-22/h16-19,27-30,35-37,41H,10-15,20-26H2,1-9H3,(H,48,56)(H3,46,47,58);10-12,14-15,19-21,23-24,26-28,34H,9,13,16-18H2,1-8H3,(H,30,35)/t30?,35-,36-,37-,41-;19-,20+,21+,23-,24+,26-,27+,28+/m00/s1. The molecule has 0 aliphatic carbocycles. The van der Waals surface area contributed by atoms with Gasteiger partial charge in [-0.3, -0.25) is 48.1 Å². The molecule has 6 N–H and O–H groups in total. The molecule has 0 radical (unpaired) electrons. The van der Waals surface area contributed by atoms with Crippen molar-refractivity contribution in [1.29, 1.82) is 0 Å². The molecule has 97 heavy (non-hydrogen) atoms. The molecule has 1 unspecified atom stereocenters. The number of hydrogen-bond donors (Lipinski definition) is 5. The molecule has 2 aliphatic rings. The van der Waals surface area contributed by atoms with Crippen LogP contribution in [0.2, 0.25) is 0 Å². The average Bonchev–Trinajstić information content (AvgIpc) is 1.71. The van der Waals surface area contributed by atoms with Gasteiger partial charge in [-0.15, -0.1) is 0 Å². The number of nitrogens with one attached hydrogen (secondary N) is 3. The van der Waals surface area contributed by atoms with E-state index in [4.69, 9.17) is 19.9 Å². The summed E-state index contributed by atoms with van der Waals surface area (Å²) in [7, 11) is 8.84. The summed E-state index contributed by atoms with van der Waals surface area (Å²) in [6.45, 7) is 23.4. The van der Waals surface area contributed by atoms with Crippen LogP contribution in [0.4, 0.5) is 9.59 Å². The number of aliphatic hydroxyl groups excluding tert-OH is 1. The molecule has 4 rings (SSSR count). The lowest BCUT2D eigenvalue weighted by Gasteiger charge is -2.38. The predicted molar refractivity (Wildman–Crippen MR) is 372 cm³/mol. The van der Waals surface area contributed by atoms with E-state index in [2.05, 4.69) is 34.7 Å². The highest BCUT2D eigenvalue weighted by Gasteiger charge is 2.42. The van der Waals surface area contributed by atoms with Gasteiger partial charge in [0, 0.05) is 96.8 Å². The number of Topliss-reactive ketones (excluding diaryl/α,β-unsaturated/α-hetero) is 4. The van der Waals surface area contributed by atoms with Gasteiger partial charge in [0.15, 0.2) is 11.6 Å². The van der Waals surface area contributed by atoms with Crippen molar-refractivity contribution in [3.05, 3.63) is 71.3 Å². The van der Waals surface area contributed by atoms with Gasteiger partial charge in [-0.2, -0.15) is 0 Å². The molecule has 2 aliphatic heterocycles. The Bertz CT molecular complexity index is 2870. The van der Waals surface area contributed by atoms with E-state index < -0.39 is 66.1 Å². The van der Waals surface area contributed by atoms with Crippen molar-refractivity contribution in [3.63, 3.8) is 0 Å². The van der Waals surface area contributed by atoms with Crippen LogP contribution in [0.3, 0.4) is 0 Å². The van der Waals surface area contributed by atoms with Crippen LogP contribution in [-0.2, 0) is 70.4 Å². The summed E-state index contributed by atoms with van der Waals surface area (Å²) in [6.07, 6.45) is 3.66. The lowest BCUT2D eigenvalue weighted by atomic mass is 9.84. The van der Waals surface area contributed by atoms with Crippen molar-refractivity contribution in [2.75, 3.05) is 55.0 Å². The molecule has 0 aromatic heterocycles. The van der Waals surface area contributed by atoms with Gasteiger partial charge in [0.2, 0.25) is 29.5 Å². The summed E-state index contributed by atoms with van der Waals surface area (Å²) < 4.78 is 17.2. The van der Waals surface area contributed by atoms with Crippen LogP contribution in [0.1, 0.15) is 189 Å². The lowest BCUT2D eigenvalue weighted by Crippen LogP contribution is -2.52. The first-order valence-electron chi connectivity index (χ1n) is 35.0.